The molecule has 0 bridgehead atoms. The number of benzene rings is 1. The Balaban J connectivity index is 2.79. The van der Waals surface area contributed by atoms with Crippen LogP contribution in [0.1, 0.15) is 17.3 Å². The third-order valence-corrected chi connectivity index (χ3v) is 2.39. The summed E-state index contributed by atoms with van der Waals surface area (Å²) in [5, 5.41) is 22.6. The van der Waals surface area contributed by atoms with Gasteiger partial charge in [0.2, 0.25) is 0 Å². The van der Waals surface area contributed by atoms with Crippen molar-refractivity contribution in [3.8, 4) is 6.07 Å². The van der Waals surface area contributed by atoms with E-state index in [9.17, 15) is 9.59 Å². The molecule has 6 nitrogen and oxygen atoms in total. The van der Waals surface area contributed by atoms with Crippen LogP contribution in [0.25, 0.3) is 0 Å². The zero-order valence-electron chi connectivity index (χ0n) is 11.0. The number of carbonyl (C=O) groups is 2. The average molecular weight is 273 g/mol. The summed E-state index contributed by atoms with van der Waals surface area (Å²) < 4.78 is 0. The molecule has 0 unspecified atom stereocenters. The summed E-state index contributed by atoms with van der Waals surface area (Å²) in [5.41, 5.74) is 0.793. The Hall–Kier alpha value is -2.65. The van der Waals surface area contributed by atoms with Crippen LogP contribution in [0.5, 0.6) is 0 Å². The number of Topliss-reactive ketones (excluding diaryl/α,β-unsaturated/α-hetero) is 1. The molecule has 0 fully saturated rings. The van der Waals surface area contributed by atoms with E-state index in [4.69, 9.17) is 10.4 Å². The molecule has 0 spiro atoms. The maximum atomic E-state index is 11.8. The summed E-state index contributed by atoms with van der Waals surface area (Å²) in [7, 11) is 0. The van der Waals surface area contributed by atoms with Gasteiger partial charge in [-0.3, -0.25) is 9.59 Å². The summed E-state index contributed by atoms with van der Waals surface area (Å²) >= 11 is 0. The SMILES string of the molecule is CC(=O)c1cccc(NC(=O)/C(C#N)=C\NCCO)c1. The molecule has 0 aromatic heterocycles. The van der Waals surface area contributed by atoms with Crippen molar-refractivity contribution in [1.82, 2.24) is 5.32 Å². The first-order valence-electron chi connectivity index (χ1n) is 5.95. The largest absolute Gasteiger partial charge is 0.395 e. The van der Waals surface area contributed by atoms with Gasteiger partial charge < -0.3 is 15.7 Å². The van der Waals surface area contributed by atoms with Gasteiger partial charge in [-0.1, -0.05) is 12.1 Å². The fraction of sp³-hybridized carbons (Fsp3) is 0.214. The van der Waals surface area contributed by atoms with Gasteiger partial charge in [0.15, 0.2) is 5.78 Å². The lowest BCUT2D eigenvalue weighted by atomic mass is 10.1. The number of nitriles is 1. The topological polar surface area (TPSA) is 102 Å². The highest BCUT2D eigenvalue weighted by Crippen LogP contribution is 2.12. The second-order valence-electron chi connectivity index (χ2n) is 3.94. The number of aliphatic hydroxyl groups excluding tert-OH is 1. The molecule has 20 heavy (non-hydrogen) atoms. The molecule has 0 saturated carbocycles. The fourth-order valence-corrected chi connectivity index (χ4v) is 1.40. The van der Waals surface area contributed by atoms with Crippen molar-refractivity contribution in [2.24, 2.45) is 0 Å². The Bertz CT molecular complexity index is 573. The monoisotopic (exact) mass is 273 g/mol. The highest BCUT2D eigenvalue weighted by molar-refractivity contribution is 6.07. The maximum Gasteiger partial charge on any atom is 0.267 e. The van der Waals surface area contributed by atoms with Gasteiger partial charge in [-0.15, -0.1) is 0 Å². The average Bonchev–Trinajstić information content (AvgIpc) is 2.43. The van der Waals surface area contributed by atoms with Crippen molar-refractivity contribution in [3.05, 3.63) is 41.6 Å². The molecule has 0 aliphatic carbocycles. The third kappa shape index (κ3) is 4.55. The summed E-state index contributed by atoms with van der Waals surface area (Å²) in [5.74, 6) is -0.694. The minimum Gasteiger partial charge on any atom is -0.395 e. The van der Waals surface area contributed by atoms with E-state index in [2.05, 4.69) is 10.6 Å². The molecule has 0 saturated heterocycles. The molecule has 6 heteroatoms. The van der Waals surface area contributed by atoms with E-state index in [0.29, 0.717) is 11.3 Å². The minimum atomic E-state index is -0.585. The number of rotatable bonds is 6. The first-order chi connectivity index (χ1) is 9.58. The highest BCUT2D eigenvalue weighted by Gasteiger charge is 2.09. The van der Waals surface area contributed by atoms with Gasteiger partial charge in [-0.25, -0.2) is 0 Å². The van der Waals surface area contributed by atoms with E-state index >= 15 is 0 Å². The van der Waals surface area contributed by atoms with E-state index in [-0.39, 0.29) is 24.5 Å². The van der Waals surface area contributed by atoms with Crippen LogP contribution >= 0.6 is 0 Å². The van der Waals surface area contributed by atoms with Crippen LogP contribution in [0.4, 0.5) is 5.69 Å². The second-order valence-corrected chi connectivity index (χ2v) is 3.94. The molecule has 1 rings (SSSR count). The molecule has 1 aromatic carbocycles. The zero-order valence-corrected chi connectivity index (χ0v) is 11.0. The number of hydrogen-bond acceptors (Lipinski definition) is 5. The Labute approximate surface area is 116 Å². The number of aliphatic hydroxyl groups is 1. The van der Waals surface area contributed by atoms with Gasteiger partial charge in [0.25, 0.3) is 5.91 Å². The number of nitrogens with zero attached hydrogens (tertiary/aromatic N) is 1. The Kier molecular flexibility index (Phi) is 5.94. The number of ketones is 1. The Morgan fingerprint density at radius 3 is 2.80 bits per heavy atom. The standard InChI is InChI=1S/C14H15N3O3/c1-10(19)11-3-2-4-13(7-11)17-14(20)12(8-15)9-16-5-6-18/h2-4,7,9,16,18H,5-6H2,1H3,(H,17,20)/b12-9-. The van der Waals surface area contributed by atoms with E-state index in [1.165, 1.54) is 19.2 Å². The first kappa shape index (κ1) is 15.4. The van der Waals surface area contributed by atoms with Crippen molar-refractivity contribution in [3.63, 3.8) is 0 Å². The van der Waals surface area contributed by atoms with E-state index in [1.54, 1.807) is 24.3 Å². The molecule has 0 radical (unpaired) electrons. The third-order valence-electron chi connectivity index (χ3n) is 2.39. The quantitative estimate of drug-likeness (QED) is 0.308. The molecule has 0 atom stereocenters. The lowest BCUT2D eigenvalue weighted by Gasteiger charge is -2.06. The van der Waals surface area contributed by atoms with Gasteiger partial charge in [-0.05, 0) is 19.1 Å². The molecule has 0 aliphatic heterocycles. The normalized spacial score (nSPS) is 10.6. The Morgan fingerprint density at radius 2 is 2.20 bits per heavy atom. The molecule has 3 N–H and O–H groups in total. The summed E-state index contributed by atoms with van der Waals surface area (Å²) in [6.07, 6.45) is 1.24. The van der Waals surface area contributed by atoms with Gasteiger partial charge >= 0.3 is 0 Å². The predicted molar refractivity (Wildman–Crippen MR) is 73.9 cm³/mol. The van der Waals surface area contributed by atoms with Crippen LogP contribution < -0.4 is 10.6 Å². The number of nitrogens with one attached hydrogen (secondary N) is 2. The smallest absolute Gasteiger partial charge is 0.267 e. The highest BCUT2D eigenvalue weighted by atomic mass is 16.3. The fourth-order valence-electron chi connectivity index (χ4n) is 1.40. The number of hydrogen-bond donors (Lipinski definition) is 3. The van der Waals surface area contributed by atoms with Crippen LogP contribution in [-0.4, -0.2) is 29.9 Å². The summed E-state index contributed by atoms with van der Waals surface area (Å²) in [6, 6.07) is 8.21. The number of amides is 1. The molecule has 0 aliphatic rings. The molecular formula is C14H15N3O3. The van der Waals surface area contributed by atoms with Crippen LogP contribution in [0, 0.1) is 11.3 Å². The van der Waals surface area contributed by atoms with E-state index < -0.39 is 5.91 Å². The van der Waals surface area contributed by atoms with Crippen molar-refractivity contribution in [2.45, 2.75) is 6.92 Å². The minimum absolute atomic E-state index is 0.0997. The molecule has 0 heterocycles. The lowest BCUT2D eigenvalue weighted by molar-refractivity contribution is -0.112. The van der Waals surface area contributed by atoms with Crippen LogP contribution in [-0.2, 0) is 4.79 Å². The number of anilines is 1. The number of carbonyl (C=O) groups excluding carboxylic acids is 2. The lowest BCUT2D eigenvalue weighted by Crippen LogP contribution is -2.18. The van der Waals surface area contributed by atoms with Crippen LogP contribution in [0.3, 0.4) is 0 Å². The van der Waals surface area contributed by atoms with Crippen molar-refractivity contribution >= 4 is 17.4 Å². The van der Waals surface area contributed by atoms with Crippen molar-refractivity contribution in [2.75, 3.05) is 18.5 Å². The molecule has 1 amide bonds. The Morgan fingerprint density at radius 1 is 1.45 bits per heavy atom. The van der Waals surface area contributed by atoms with Crippen LogP contribution in [0.15, 0.2) is 36.0 Å². The first-order valence-corrected chi connectivity index (χ1v) is 5.95. The molecule has 1 aromatic rings. The maximum absolute atomic E-state index is 11.8. The van der Waals surface area contributed by atoms with E-state index in [1.807, 2.05) is 0 Å². The summed E-state index contributed by atoms with van der Waals surface area (Å²) in [4.78, 5) is 23.1. The predicted octanol–water partition coefficient (Wildman–Crippen LogP) is 0.817. The summed E-state index contributed by atoms with van der Waals surface area (Å²) in [6.45, 7) is 1.58. The van der Waals surface area contributed by atoms with Gasteiger partial charge in [0.05, 0.1) is 6.61 Å². The second kappa shape index (κ2) is 7.71. The van der Waals surface area contributed by atoms with Crippen molar-refractivity contribution < 1.29 is 14.7 Å². The molecular weight excluding hydrogens is 258 g/mol. The van der Waals surface area contributed by atoms with Crippen LogP contribution in [0.2, 0.25) is 0 Å². The zero-order chi connectivity index (χ0) is 15.0. The van der Waals surface area contributed by atoms with Gasteiger partial charge in [0, 0.05) is 24.0 Å². The molecule has 104 valence electrons. The van der Waals surface area contributed by atoms with Gasteiger partial charge in [-0.2, -0.15) is 5.26 Å². The van der Waals surface area contributed by atoms with E-state index in [0.717, 1.165) is 0 Å². The van der Waals surface area contributed by atoms with Crippen molar-refractivity contribution in [1.29, 1.82) is 5.26 Å². The van der Waals surface area contributed by atoms with Gasteiger partial charge in [0.1, 0.15) is 11.6 Å².